The second-order valence-corrected chi connectivity index (χ2v) is 7.57. The Balaban J connectivity index is 0.00000272. The summed E-state index contributed by atoms with van der Waals surface area (Å²) in [6, 6.07) is 15.0. The van der Waals surface area contributed by atoms with Crippen molar-refractivity contribution in [2.75, 3.05) is 46.7 Å². The zero-order valence-corrected chi connectivity index (χ0v) is 20.4. The summed E-state index contributed by atoms with van der Waals surface area (Å²) in [5.41, 5.74) is 3.71. The number of hydrogen-bond acceptors (Lipinski definition) is 5. The van der Waals surface area contributed by atoms with E-state index in [-0.39, 0.29) is 36.8 Å². The molecular weight excluding hydrogens is 507 g/mol. The normalized spacial score (nSPS) is 17.0. The maximum absolute atomic E-state index is 5.56. The largest absolute Gasteiger partial charge is 0.454 e. The molecule has 2 aromatic rings. The number of guanidine groups is 1. The van der Waals surface area contributed by atoms with Gasteiger partial charge in [0.1, 0.15) is 0 Å². The Labute approximate surface area is 201 Å². The van der Waals surface area contributed by atoms with Gasteiger partial charge in [-0.25, -0.2) is 0 Å². The molecule has 2 aliphatic rings. The van der Waals surface area contributed by atoms with Gasteiger partial charge < -0.3 is 24.8 Å². The predicted molar refractivity (Wildman–Crippen MR) is 132 cm³/mol. The summed E-state index contributed by atoms with van der Waals surface area (Å²) in [5, 5.41) is 6.91. The van der Waals surface area contributed by atoms with E-state index in [2.05, 4.69) is 51.7 Å². The quantitative estimate of drug-likeness (QED) is 0.335. The number of rotatable bonds is 6. The van der Waals surface area contributed by atoms with Crippen molar-refractivity contribution in [1.82, 2.24) is 15.5 Å². The van der Waals surface area contributed by atoms with Crippen molar-refractivity contribution >= 4 is 29.9 Å². The van der Waals surface area contributed by atoms with E-state index >= 15 is 0 Å². The Morgan fingerprint density at radius 1 is 1.06 bits per heavy atom. The van der Waals surface area contributed by atoms with Crippen LogP contribution in [0, 0.1) is 6.92 Å². The maximum Gasteiger partial charge on any atom is 0.231 e. The van der Waals surface area contributed by atoms with Crippen LogP contribution in [0.15, 0.2) is 47.5 Å². The van der Waals surface area contributed by atoms with E-state index in [0.717, 1.165) is 55.9 Å². The molecule has 0 bridgehead atoms. The van der Waals surface area contributed by atoms with Crippen LogP contribution >= 0.6 is 24.0 Å². The smallest absolute Gasteiger partial charge is 0.231 e. The lowest BCUT2D eigenvalue weighted by Crippen LogP contribution is -2.46. The molecule has 4 rings (SSSR count). The summed E-state index contributed by atoms with van der Waals surface area (Å²) in [4.78, 5) is 6.88. The average Bonchev–Trinajstić information content (AvgIpc) is 3.25. The van der Waals surface area contributed by atoms with Crippen LogP contribution in [0.4, 0.5) is 0 Å². The molecule has 7 nitrogen and oxygen atoms in total. The number of nitrogens with zero attached hydrogens (tertiary/aromatic N) is 2. The summed E-state index contributed by atoms with van der Waals surface area (Å²) in [6.45, 7) is 7.27. The first-order valence-corrected chi connectivity index (χ1v) is 10.4. The van der Waals surface area contributed by atoms with E-state index in [1.165, 1.54) is 11.1 Å². The maximum atomic E-state index is 5.56. The van der Waals surface area contributed by atoms with E-state index in [0.29, 0.717) is 6.54 Å². The van der Waals surface area contributed by atoms with E-state index in [9.17, 15) is 0 Å². The second-order valence-electron chi connectivity index (χ2n) is 7.57. The number of aryl methyl sites for hydroxylation is 1. The van der Waals surface area contributed by atoms with Gasteiger partial charge in [0.15, 0.2) is 17.5 Å². The molecule has 168 valence electrons. The Morgan fingerprint density at radius 2 is 1.87 bits per heavy atom. The standard InChI is InChI=1S/C23H30N4O3.HI/c1-17-4-3-5-19(12-17)20(27-8-10-28-11-9-27)15-26-23(24-2)25-14-18-6-7-21-22(13-18)30-16-29-21;/h3-7,12-13,20H,8-11,14-16H2,1-2H3,(H2,24,25,26);1H. The van der Waals surface area contributed by atoms with Gasteiger partial charge in [0.2, 0.25) is 6.79 Å². The molecule has 0 saturated carbocycles. The van der Waals surface area contributed by atoms with Gasteiger partial charge in [-0.15, -0.1) is 24.0 Å². The van der Waals surface area contributed by atoms with Crippen LogP contribution in [0.1, 0.15) is 22.7 Å². The lowest BCUT2D eigenvalue weighted by atomic mass is 10.0. The van der Waals surface area contributed by atoms with E-state index in [1.54, 1.807) is 7.05 Å². The minimum atomic E-state index is 0. The number of morpholine rings is 1. The third kappa shape index (κ3) is 6.24. The van der Waals surface area contributed by atoms with Gasteiger partial charge >= 0.3 is 0 Å². The van der Waals surface area contributed by atoms with Gasteiger partial charge in [-0.1, -0.05) is 35.9 Å². The molecular formula is C23H31IN4O3. The highest BCUT2D eigenvalue weighted by Gasteiger charge is 2.23. The first-order valence-electron chi connectivity index (χ1n) is 10.4. The Morgan fingerprint density at radius 3 is 2.65 bits per heavy atom. The van der Waals surface area contributed by atoms with Gasteiger partial charge in [-0.3, -0.25) is 9.89 Å². The highest BCUT2D eigenvalue weighted by Crippen LogP contribution is 2.32. The number of nitrogens with one attached hydrogen (secondary N) is 2. The van der Waals surface area contributed by atoms with Crippen molar-refractivity contribution in [2.24, 2.45) is 4.99 Å². The monoisotopic (exact) mass is 538 g/mol. The molecule has 2 aromatic carbocycles. The average molecular weight is 538 g/mol. The molecule has 2 aliphatic heterocycles. The Kier molecular flexibility index (Phi) is 8.79. The third-order valence-electron chi connectivity index (χ3n) is 5.50. The molecule has 0 radical (unpaired) electrons. The fourth-order valence-electron chi connectivity index (χ4n) is 3.87. The molecule has 31 heavy (non-hydrogen) atoms. The zero-order valence-electron chi connectivity index (χ0n) is 18.1. The number of hydrogen-bond donors (Lipinski definition) is 2. The topological polar surface area (TPSA) is 67.4 Å². The molecule has 2 heterocycles. The Bertz CT molecular complexity index is 887. The van der Waals surface area contributed by atoms with Crippen LogP contribution in [0.5, 0.6) is 11.5 Å². The van der Waals surface area contributed by atoms with E-state index < -0.39 is 0 Å². The van der Waals surface area contributed by atoms with E-state index in [4.69, 9.17) is 14.2 Å². The van der Waals surface area contributed by atoms with Crippen LogP contribution in [0.3, 0.4) is 0 Å². The van der Waals surface area contributed by atoms with Gasteiger partial charge in [0.25, 0.3) is 0 Å². The highest BCUT2D eigenvalue weighted by molar-refractivity contribution is 14.0. The molecule has 8 heteroatoms. The fraction of sp³-hybridized carbons (Fsp3) is 0.435. The molecule has 1 atom stereocenters. The van der Waals surface area contributed by atoms with Gasteiger partial charge in [-0.05, 0) is 30.2 Å². The fourth-order valence-corrected chi connectivity index (χ4v) is 3.87. The van der Waals surface area contributed by atoms with Crippen LogP contribution in [-0.4, -0.2) is 57.5 Å². The summed E-state index contributed by atoms with van der Waals surface area (Å²) in [5.74, 6) is 2.37. The number of halogens is 1. The van der Waals surface area contributed by atoms with E-state index in [1.807, 2.05) is 18.2 Å². The zero-order chi connectivity index (χ0) is 20.8. The van der Waals surface area contributed by atoms with Crippen molar-refractivity contribution in [1.29, 1.82) is 0 Å². The second kappa shape index (κ2) is 11.5. The molecule has 0 aromatic heterocycles. The van der Waals surface area contributed by atoms with Crippen molar-refractivity contribution in [3.05, 3.63) is 59.2 Å². The third-order valence-corrected chi connectivity index (χ3v) is 5.50. The SMILES string of the molecule is CN=C(NCc1ccc2c(c1)OCO2)NCC(c1cccc(C)c1)N1CCOCC1.I. The number of ether oxygens (including phenoxy) is 3. The number of aliphatic imine (C=N–C) groups is 1. The van der Waals surface area contributed by atoms with Crippen LogP contribution < -0.4 is 20.1 Å². The molecule has 2 N–H and O–H groups in total. The van der Waals surface area contributed by atoms with Crippen molar-refractivity contribution < 1.29 is 14.2 Å². The van der Waals surface area contributed by atoms with Gasteiger partial charge in [-0.2, -0.15) is 0 Å². The molecule has 1 saturated heterocycles. The summed E-state index contributed by atoms with van der Waals surface area (Å²) in [6.07, 6.45) is 0. The lowest BCUT2D eigenvalue weighted by Gasteiger charge is -2.35. The highest BCUT2D eigenvalue weighted by atomic mass is 127. The van der Waals surface area contributed by atoms with Crippen LogP contribution in [0.2, 0.25) is 0 Å². The molecule has 0 spiro atoms. The number of fused-ring (bicyclic) bond motifs is 1. The molecule has 1 fully saturated rings. The summed E-state index contributed by atoms with van der Waals surface area (Å²) in [7, 11) is 1.80. The summed E-state index contributed by atoms with van der Waals surface area (Å²) >= 11 is 0. The van der Waals surface area contributed by atoms with Crippen molar-refractivity contribution in [3.8, 4) is 11.5 Å². The van der Waals surface area contributed by atoms with Crippen LogP contribution in [-0.2, 0) is 11.3 Å². The number of benzene rings is 2. The predicted octanol–water partition coefficient (Wildman–Crippen LogP) is 3.08. The van der Waals surface area contributed by atoms with Crippen molar-refractivity contribution in [3.63, 3.8) is 0 Å². The summed E-state index contributed by atoms with van der Waals surface area (Å²) < 4.78 is 16.4. The Hall–Kier alpha value is -2.04. The minimum absolute atomic E-state index is 0. The first kappa shape index (κ1) is 23.6. The van der Waals surface area contributed by atoms with Gasteiger partial charge in [0, 0.05) is 33.2 Å². The molecule has 0 amide bonds. The molecule has 1 unspecified atom stereocenters. The lowest BCUT2D eigenvalue weighted by molar-refractivity contribution is 0.0170. The van der Waals surface area contributed by atoms with Crippen molar-refractivity contribution in [2.45, 2.75) is 19.5 Å². The molecule has 0 aliphatic carbocycles. The van der Waals surface area contributed by atoms with Crippen LogP contribution in [0.25, 0.3) is 0 Å². The van der Waals surface area contributed by atoms with Gasteiger partial charge in [0.05, 0.1) is 19.3 Å². The first-order chi connectivity index (χ1) is 14.7. The minimum Gasteiger partial charge on any atom is -0.454 e.